The lowest BCUT2D eigenvalue weighted by molar-refractivity contribution is 0.0641. The molecule has 0 bridgehead atoms. The maximum absolute atomic E-state index is 12.4. The fourth-order valence-corrected chi connectivity index (χ4v) is 3.87. The number of amides is 1. The number of nitrogens with zero attached hydrogens (tertiary/aromatic N) is 2. The summed E-state index contributed by atoms with van der Waals surface area (Å²) in [5.74, 6) is 0.201. The summed E-state index contributed by atoms with van der Waals surface area (Å²) < 4.78 is 0. The van der Waals surface area contributed by atoms with Gasteiger partial charge in [0.2, 0.25) is 0 Å². The minimum Gasteiger partial charge on any atom is -0.335 e. The minimum absolute atomic E-state index is 0.201. The first-order chi connectivity index (χ1) is 11.2. The second kappa shape index (κ2) is 7.75. The third-order valence-electron chi connectivity index (χ3n) is 4.39. The molecule has 0 unspecified atom stereocenters. The van der Waals surface area contributed by atoms with Gasteiger partial charge < -0.3 is 4.90 Å². The summed E-state index contributed by atoms with van der Waals surface area (Å²) >= 11 is 1.60. The summed E-state index contributed by atoms with van der Waals surface area (Å²) in [7, 11) is 0. The standard InChI is InChI=1S/C19H24N2OS/c1-16-9-10-18(23-16)19(22)21-14-12-20(13-15-21)11-5-8-17-6-3-2-4-7-17/h2-4,6-7,9-10H,5,8,11-15H2,1H3. The van der Waals surface area contributed by atoms with Crippen LogP contribution in [0.25, 0.3) is 0 Å². The topological polar surface area (TPSA) is 23.6 Å². The van der Waals surface area contributed by atoms with Gasteiger partial charge in [-0.2, -0.15) is 0 Å². The number of thiophene rings is 1. The zero-order valence-corrected chi connectivity index (χ0v) is 14.5. The minimum atomic E-state index is 0.201. The molecule has 0 aliphatic carbocycles. The van der Waals surface area contributed by atoms with Gasteiger partial charge in [-0.3, -0.25) is 9.69 Å². The third kappa shape index (κ3) is 4.43. The smallest absolute Gasteiger partial charge is 0.264 e. The summed E-state index contributed by atoms with van der Waals surface area (Å²) in [5.41, 5.74) is 1.41. The Kier molecular flexibility index (Phi) is 5.47. The van der Waals surface area contributed by atoms with Crippen LogP contribution in [0.3, 0.4) is 0 Å². The molecule has 23 heavy (non-hydrogen) atoms. The monoisotopic (exact) mass is 328 g/mol. The summed E-state index contributed by atoms with van der Waals surface area (Å²) in [6.07, 6.45) is 2.32. The molecule has 1 aromatic heterocycles. The van der Waals surface area contributed by atoms with E-state index in [-0.39, 0.29) is 5.91 Å². The van der Waals surface area contributed by atoms with Gasteiger partial charge in [0.25, 0.3) is 5.91 Å². The van der Waals surface area contributed by atoms with Gasteiger partial charge in [0, 0.05) is 31.1 Å². The normalized spacial score (nSPS) is 15.8. The first-order valence-electron chi connectivity index (χ1n) is 8.34. The van der Waals surface area contributed by atoms with Crippen molar-refractivity contribution in [3.63, 3.8) is 0 Å². The third-order valence-corrected chi connectivity index (χ3v) is 5.38. The molecule has 0 atom stereocenters. The predicted molar refractivity (Wildman–Crippen MR) is 96.2 cm³/mol. The van der Waals surface area contributed by atoms with E-state index >= 15 is 0 Å². The van der Waals surface area contributed by atoms with Crippen LogP contribution in [-0.4, -0.2) is 48.4 Å². The summed E-state index contributed by atoms with van der Waals surface area (Å²) in [5, 5.41) is 0. The fraction of sp³-hybridized carbons (Fsp3) is 0.421. The van der Waals surface area contributed by atoms with Crippen molar-refractivity contribution < 1.29 is 4.79 Å². The Morgan fingerprint density at radius 1 is 1.04 bits per heavy atom. The first kappa shape index (κ1) is 16.2. The molecule has 1 aliphatic rings. The van der Waals surface area contributed by atoms with Crippen molar-refractivity contribution in [2.45, 2.75) is 19.8 Å². The van der Waals surface area contributed by atoms with Crippen LogP contribution < -0.4 is 0 Å². The number of rotatable bonds is 5. The van der Waals surface area contributed by atoms with Gasteiger partial charge in [-0.05, 0) is 44.0 Å². The van der Waals surface area contributed by atoms with Crippen LogP contribution in [0.5, 0.6) is 0 Å². The van der Waals surface area contributed by atoms with E-state index in [4.69, 9.17) is 0 Å². The number of carbonyl (C=O) groups excluding carboxylic acids is 1. The Bertz CT molecular complexity index is 630. The number of aryl methyl sites for hydroxylation is 2. The lowest BCUT2D eigenvalue weighted by Crippen LogP contribution is -2.48. The largest absolute Gasteiger partial charge is 0.335 e. The molecular weight excluding hydrogens is 304 g/mol. The van der Waals surface area contributed by atoms with Crippen LogP contribution in [0.4, 0.5) is 0 Å². The van der Waals surface area contributed by atoms with Crippen LogP contribution in [0.1, 0.15) is 26.5 Å². The lowest BCUT2D eigenvalue weighted by atomic mass is 10.1. The SMILES string of the molecule is Cc1ccc(C(=O)N2CCN(CCCc3ccccc3)CC2)s1. The Hall–Kier alpha value is -1.65. The van der Waals surface area contributed by atoms with Crippen molar-refractivity contribution in [2.75, 3.05) is 32.7 Å². The Morgan fingerprint density at radius 2 is 1.78 bits per heavy atom. The van der Waals surface area contributed by atoms with Crippen molar-refractivity contribution in [1.82, 2.24) is 9.80 Å². The molecule has 0 radical (unpaired) electrons. The van der Waals surface area contributed by atoms with Crippen LogP contribution >= 0.6 is 11.3 Å². The Morgan fingerprint density at radius 3 is 2.43 bits per heavy atom. The molecule has 1 amide bonds. The highest BCUT2D eigenvalue weighted by Gasteiger charge is 2.22. The molecule has 1 aromatic carbocycles. The highest BCUT2D eigenvalue weighted by molar-refractivity contribution is 7.13. The first-order valence-corrected chi connectivity index (χ1v) is 9.16. The average Bonchev–Trinajstić information content (AvgIpc) is 3.02. The van der Waals surface area contributed by atoms with Gasteiger partial charge >= 0.3 is 0 Å². The maximum atomic E-state index is 12.4. The molecule has 3 nitrogen and oxygen atoms in total. The lowest BCUT2D eigenvalue weighted by Gasteiger charge is -2.34. The maximum Gasteiger partial charge on any atom is 0.264 e. The van der Waals surface area contributed by atoms with E-state index in [9.17, 15) is 4.79 Å². The van der Waals surface area contributed by atoms with Crippen molar-refractivity contribution >= 4 is 17.2 Å². The fourth-order valence-electron chi connectivity index (χ4n) is 3.03. The van der Waals surface area contributed by atoms with E-state index in [1.807, 2.05) is 24.0 Å². The summed E-state index contributed by atoms with van der Waals surface area (Å²) in [6.45, 7) is 6.85. The van der Waals surface area contributed by atoms with Gasteiger partial charge in [0.1, 0.15) is 0 Å². The van der Waals surface area contributed by atoms with Crippen LogP contribution in [0.15, 0.2) is 42.5 Å². The Balaban J connectivity index is 1.41. The van der Waals surface area contributed by atoms with Gasteiger partial charge in [-0.25, -0.2) is 0 Å². The van der Waals surface area contributed by atoms with E-state index < -0.39 is 0 Å². The van der Waals surface area contributed by atoms with Crippen molar-refractivity contribution in [3.05, 3.63) is 57.8 Å². The molecule has 122 valence electrons. The van der Waals surface area contributed by atoms with E-state index in [1.165, 1.54) is 16.9 Å². The molecular formula is C19H24N2OS. The molecule has 0 spiro atoms. The quantitative estimate of drug-likeness (QED) is 0.839. The molecule has 0 saturated carbocycles. The number of carbonyl (C=O) groups is 1. The van der Waals surface area contributed by atoms with Crippen LogP contribution in [-0.2, 0) is 6.42 Å². The molecule has 0 N–H and O–H groups in total. The second-order valence-electron chi connectivity index (χ2n) is 6.13. The van der Waals surface area contributed by atoms with Gasteiger partial charge in [0.15, 0.2) is 0 Å². The van der Waals surface area contributed by atoms with E-state index in [2.05, 4.69) is 35.2 Å². The average molecular weight is 328 g/mol. The van der Waals surface area contributed by atoms with Crippen molar-refractivity contribution in [3.8, 4) is 0 Å². The van der Waals surface area contributed by atoms with Crippen molar-refractivity contribution in [2.24, 2.45) is 0 Å². The van der Waals surface area contributed by atoms with E-state index in [1.54, 1.807) is 11.3 Å². The number of hydrogen-bond donors (Lipinski definition) is 0. The number of piperazine rings is 1. The number of hydrogen-bond acceptors (Lipinski definition) is 3. The zero-order valence-electron chi connectivity index (χ0n) is 13.7. The van der Waals surface area contributed by atoms with Gasteiger partial charge in [-0.1, -0.05) is 30.3 Å². The second-order valence-corrected chi connectivity index (χ2v) is 7.42. The van der Waals surface area contributed by atoms with Crippen LogP contribution in [0, 0.1) is 6.92 Å². The summed E-state index contributed by atoms with van der Waals surface area (Å²) in [4.78, 5) is 19.0. The molecule has 3 rings (SSSR count). The molecule has 2 aromatic rings. The number of benzene rings is 1. The summed E-state index contributed by atoms with van der Waals surface area (Å²) in [6, 6.07) is 14.6. The molecule has 1 fully saturated rings. The van der Waals surface area contributed by atoms with Crippen LogP contribution in [0.2, 0.25) is 0 Å². The van der Waals surface area contributed by atoms with Gasteiger partial charge in [0.05, 0.1) is 4.88 Å². The highest BCUT2D eigenvalue weighted by atomic mass is 32.1. The van der Waals surface area contributed by atoms with Crippen molar-refractivity contribution in [1.29, 1.82) is 0 Å². The zero-order chi connectivity index (χ0) is 16.1. The van der Waals surface area contributed by atoms with E-state index in [0.29, 0.717) is 0 Å². The Labute approximate surface area is 142 Å². The predicted octanol–water partition coefficient (Wildman–Crippen LogP) is 3.45. The molecule has 2 heterocycles. The highest BCUT2D eigenvalue weighted by Crippen LogP contribution is 2.18. The molecule has 1 saturated heterocycles. The van der Waals surface area contributed by atoms with Gasteiger partial charge in [-0.15, -0.1) is 11.3 Å². The molecule has 4 heteroatoms. The molecule has 1 aliphatic heterocycles. The van der Waals surface area contributed by atoms with E-state index in [0.717, 1.165) is 44.0 Å².